The molecule has 0 aliphatic rings. The fourth-order valence-electron chi connectivity index (χ4n) is 1.45. The zero-order chi connectivity index (χ0) is 14.6. The molecule has 0 spiro atoms. The molecule has 102 valence electrons. The van der Waals surface area contributed by atoms with Gasteiger partial charge in [-0.3, -0.25) is 14.6 Å². The molecular formula is C12H15N3O4. The van der Waals surface area contributed by atoms with E-state index in [4.69, 9.17) is 10.8 Å². The second kappa shape index (κ2) is 5.94. The second-order valence-electron chi connectivity index (χ2n) is 4.23. The predicted octanol–water partition coefficient (Wildman–Crippen LogP) is 0.116. The molecule has 0 bridgehead atoms. The van der Waals surface area contributed by atoms with Crippen LogP contribution in [0.2, 0.25) is 0 Å². The highest BCUT2D eigenvalue weighted by Gasteiger charge is 2.21. The quantitative estimate of drug-likeness (QED) is 0.784. The van der Waals surface area contributed by atoms with Crippen LogP contribution in [0.3, 0.4) is 0 Å². The summed E-state index contributed by atoms with van der Waals surface area (Å²) >= 11 is 0. The minimum Gasteiger partial charge on any atom is -0.478 e. The number of hydrogen-bond acceptors (Lipinski definition) is 4. The molecule has 2 amide bonds. The first-order valence-electron chi connectivity index (χ1n) is 5.61. The molecule has 0 saturated carbocycles. The van der Waals surface area contributed by atoms with Crippen molar-refractivity contribution in [1.82, 2.24) is 9.88 Å². The number of aromatic nitrogens is 1. The summed E-state index contributed by atoms with van der Waals surface area (Å²) in [5, 5.41) is 8.73. The van der Waals surface area contributed by atoms with Crippen LogP contribution in [-0.2, 0) is 4.79 Å². The van der Waals surface area contributed by atoms with E-state index in [1.165, 1.54) is 17.0 Å². The molecule has 0 fully saturated rings. The first-order chi connectivity index (χ1) is 8.82. The van der Waals surface area contributed by atoms with Crippen molar-refractivity contribution < 1.29 is 19.5 Å². The summed E-state index contributed by atoms with van der Waals surface area (Å²) in [5.74, 6) is -2.21. The number of nitrogens with two attached hydrogens (primary N) is 1. The Hall–Kier alpha value is -2.44. The van der Waals surface area contributed by atoms with Crippen molar-refractivity contribution in [2.24, 2.45) is 5.73 Å². The lowest BCUT2D eigenvalue weighted by Crippen LogP contribution is -2.43. The van der Waals surface area contributed by atoms with Crippen LogP contribution in [0.15, 0.2) is 18.3 Å². The van der Waals surface area contributed by atoms with Crippen LogP contribution in [0.25, 0.3) is 0 Å². The van der Waals surface area contributed by atoms with Gasteiger partial charge < -0.3 is 15.7 Å². The maximum absolute atomic E-state index is 12.1. The lowest BCUT2D eigenvalue weighted by molar-refractivity contribution is -0.119. The largest absolute Gasteiger partial charge is 0.478 e. The van der Waals surface area contributed by atoms with Gasteiger partial charge in [-0.05, 0) is 26.0 Å². The standard InChI is InChI=1S/C12H15N3O4/c1-7(2)15(6-10(13)16)11(17)9-4-3-8(5-14-9)12(18)19/h3-5,7H,6H2,1-2H3,(H2,13,16)(H,18,19). The molecular weight excluding hydrogens is 250 g/mol. The topological polar surface area (TPSA) is 114 Å². The van der Waals surface area contributed by atoms with Gasteiger partial charge in [0, 0.05) is 12.2 Å². The number of aromatic carboxylic acids is 1. The Morgan fingerprint density at radius 1 is 1.37 bits per heavy atom. The van der Waals surface area contributed by atoms with Crippen LogP contribution in [0.4, 0.5) is 0 Å². The fourth-order valence-corrected chi connectivity index (χ4v) is 1.45. The third kappa shape index (κ3) is 3.77. The smallest absolute Gasteiger partial charge is 0.337 e. The van der Waals surface area contributed by atoms with Crippen molar-refractivity contribution in [1.29, 1.82) is 0 Å². The Balaban J connectivity index is 2.96. The van der Waals surface area contributed by atoms with E-state index in [1.807, 2.05) is 0 Å². The Morgan fingerprint density at radius 2 is 2.00 bits per heavy atom. The van der Waals surface area contributed by atoms with E-state index in [9.17, 15) is 14.4 Å². The van der Waals surface area contributed by atoms with Crippen LogP contribution in [-0.4, -0.2) is 45.4 Å². The molecule has 3 N–H and O–H groups in total. The van der Waals surface area contributed by atoms with Crippen LogP contribution in [0.1, 0.15) is 34.7 Å². The molecule has 0 aromatic carbocycles. The van der Waals surface area contributed by atoms with E-state index in [1.54, 1.807) is 13.8 Å². The molecule has 0 aliphatic heterocycles. The van der Waals surface area contributed by atoms with Crippen molar-refractivity contribution in [3.63, 3.8) is 0 Å². The van der Waals surface area contributed by atoms with Gasteiger partial charge in [0.25, 0.3) is 5.91 Å². The molecule has 1 aromatic heterocycles. The third-order valence-electron chi connectivity index (χ3n) is 2.44. The third-order valence-corrected chi connectivity index (χ3v) is 2.44. The molecule has 0 radical (unpaired) electrons. The van der Waals surface area contributed by atoms with Gasteiger partial charge in [0.05, 0.1) is 12.1 Å². The summed E-state index contributed by atoms with van der Waals surface area (Å²) in [7, 11) is 0. The number of nitrogens with zero attached hydrogens (tertiary/aromatic N) is 2. The lowest BCUT2D eigenvalue weighted by atomic mass is 10.2. The average molecular weight is 265 g/mol. The minimum absolute atomic E-state index is 0.0115. The van der Waals surface area contributed by atoms with E-state index in [-0.39, 0.29) is 23.8 Å². The first kappa shape index (κ1) is 14.6. The number of amides is 2. The van der Waals surface area contributed by atoms with E-state index in [0.29, 0.717) is 0 Å². The van der Waals surface area contributed by atoms with Gasteiger partial charge in [0.2, 0.25) is 5.91 Å². The highest BCUT2D eigenvalue weighted by molar-refractivity contribution is 5.95. The normalized spacial score (nSPS) is 10.3. The van der Waals surface area contributed by atoms with E-state index < -0.39 is 17.8 Å². The minimum atomic E-state index is -1.12. The predicted molar refractivity (Wildman–Crippen MR) is 66.6 cm³/mol. The number of carboxylic acid groups (broad SMARTS) is 1. The molecule has 0 unspecified atom stereocenters. The zero-order valence-corrected chi connectivity index (χ0v) is 10.7. The molecule has 0 atom stereocenters. The van der Waals surface area contributed by atoms with E-state index >= 15 is 0 Å². The maximum atomic E-state index is 12.1. The zero-order valence-electron chi connectivity index (χ0n) is 10.7. The Labute approximate surface area is 110 Å². The monoisotopic (exact) mass is 265 g/mol. The Morgan fingerprint density at radius 3 is 2.37 bits per heavy atom. The van der Waals surface area contributed by atoms with Gasteiger partial charge in [0.1, 0.15) is 5.69 Å². The summed E-state index contributed by atoms with van der Waals surface area (Å²) in [4.78, 5) is 38.8. The highest BCUT2D eigenvalue weighted by Crippen LogP contribution is 2.07. The summed E-state index contributed by atoms with van der Waals surface area (Å²) in [6.45, 7) is 3.28. The van der Waals surface area contributed by atoms with Crippen molar-refractivity contribution in [2.45, 2.75) is 19.9 Å². The van der Waals surface area contributed by atoms with Crippen LogP contribution in [0.5, 0.6) is 0 Å². The molecule has 1 rings (SSSR count). The van der Waals surface area contributed by atoms with Crippen molar-refractivity contribution in [3.05, 3.63) is 29.6 Å². The summed E-state index contributed by atoms with van der Waals surface area (Å²) in [6.07, 6.45) is 1.10. The van der Waals surface area contributed by atoms with Crippen molar-refractivity contribution in [3.8, 4) is 0 Å². The molecule has 0 saturated heterocycles. The molecule has 19 heavy (non-hydrogen) atoms. The van der Waals surface area contributed by atoms with Gasteiger partial charge >= 0.3 is 5.97 Å². The van der Waals surface area contributed by atoms with E-state index in [0.717, 1.165) is 6.20 Å². The van der Waals surface area contributed by atoms with Gasteiger partial charge in [-0.2, -0.15) is 0 Å². The van der Waals surface area contributed by atoms with E-state index in [2.05, 4.69) is 4.98 Å². The summed E-state index contributed by atoms with van der Waals surface area (Å²) in [5.41, 5.74) is 5.14. The van der Waals surface area contributed by atoms with Gasteiger partial charge in [-0.25, -0.2) is 4.79 Å². The summed E-state index contributed by atoms with van der Waals surface area (Å²) < 4.78 is 0. The Kier molecular flexibility index (Phi) is 4.57. The number of hydrogen-bond donors (Lipinski definition) is 2. The number of carbonyl (C=O) groups is 3. The number of carbonyl (C=O) groups excluding carboxylic acids is 2. The van der Waals surface area contributed by atoms with Gasteiger partial charge in [-0.15, -0.1) is 0 Å². The molecule has 1 aromatic rings. The SMILES string of the molecule is CC(C)N(CC(N)=O)C(=O)c1ccc(C(=O)O)cn1. The average Bonchev–Trinajstić information content (AvgIpc) is 2.34. The van der Waals surface area contributed by atoms with Gasteiger partial charge in [0.15, 0.2) is 0 Å². The number of carboxylic acids is 1. The number of rotatable bonds is 5. The summed E-state index contributed by atoms with van der Waals surface area (Å²) in [6, 6.07) is 2.37. The highest BCUT2D eigenvalue weighted by atomic mass is 16.4. The molecule has 1 heterocycles. The van der Waals surface area contributed by atoms with Crippen LogP contribution >= 0.6 is 0 Å². The first-order valence-corrected chi connectivity index (χ1v) is 5.61. The maximum Gasteiger partial charge on any atom is 0.337 e. The van der Waals surface area contributed by atoms with Crippen LogP contribution in [0, 0.1) is 0 Å². The molecule has 7 heteroatoms. The number of primary amides is 1. The lowest BCUT2D eigenvalue weighted by Gasteiger charge is -2.24. The molecule has 7 nitrogen and oxygen atoms in total. The molecule has 0 aliphatic carbocycles. The Bertz CT molecular complexity index is 496. The fraction of sp³-hybridized carbons (Fsp3) is 0.333. The number of pyridine rings is 1. The van der Waals surface area contributed by atoms with Crippen LogP contribution < -0.4 is 5.73 Å². The van der Waals surface area contributed by atoms with Gasteiger partial charge in [-0.1, -0.05) is 0 Å². The van der Waals surface area contributed by atoms with Crippen molar-refractivity contribution >= 4 is 17.8 Å². The van der Waals surface area contributed by atoms with Crippen molar-refractivity contribution in [2.75, 3.05) is 6.54 Å². The second-order valence-corrected chi connectivity index (χ2v) is 4.23.